The SMILES string of the molecule is COc1ccc(NC(=O)c2cccn(OCc3ccc(C)cc3)c2=O)c(OC)c1. The van der Waals surface area contributed by atoms with Crippen LogP contribution in [0.5, 0.6) is 11.5 Å². The first kappa shape index (κ1) is 20.0. The lowest BCUT2D eigenvalue weighted by Gasteiger charge is -2.13. The number of nitrogens with zero attached hydrogens (tertiary/aromatic N) is 1. The van der Waals surface area contributed by atoms with E-state index in [0.29, 0.717) is 17.2 Å². The Hall–Kier alpha value is -3.74. The van der Waals surface area contributed by atoms with Crippen LogP contribution in [0.1, 0.15) is 21.5 Å². The first-order valence-electron chi connectivity index (χ1n) is 8.95. The molecule has 0 aliphatic rings. The summed E-state index contributed by atoms with van der Waals surface area (Å²) >= 11 is 0. The molecule has 0 aliphatic carbocycles. The molecule has 2 aromatic carbocycles. The van der Waals surface area contributed by atoms with Crippen LogP contribution in [0.4, 0.5) is 5.69 Å². The van der Waals surface area contributed by atoms with Gasteiger partial charge in [0.1, 0.15) is 23.7 Å². The number of hydrogen-bond donors (Lipinski definition) is 1. The summed E-state index contributed by atoms with van der Waals surface area (Å²) in [4.78, 5) is 30.9. The number of carbonyl (C=O) groups excluding carboxylic acids is 1. The Morgan fingerprint density at radius 1 is 1.03 bits per heavy atom. The molecule has 29 heavy (non-hydrogen) atoms. The molecule has 0 aliphatic heterocycles. The highest BCUT2D eigenvalue weighted by Crippen LogP contribution is 2.29. The van der Waals surface area contributed by atoms with Gasteiger partial charge in [-0.15, -0.1) is 0 Å². The van der Waals surface area contributed by atoms with E-state index in [4.69, 9.17) is 14.3 Å². The van der Waals surface area contributed by atoms with Crippen LogP contribution in [-0.2, 0) is 6.61 Å². The van der Waals surface area contributed by atoms with E-state index in [9.17, 15) is 9.59 Å². The Morgan fingerprint density at radius 3 is 2.48 bits per heavy atom. The van der Waals surface area contributed by atoms with Crippen LogP contribution in [0.2, 0.25) is 0 Å². The number of nitrogens with one attached hydrogen (secondary N) is 1. The number of aromatic nitrogens is 1. The summed E-state index contributed by atoms with van der Waals surface area (Å²) in [6.07, 6.45) is 1.47. The van der Waals surface area contributed by atoms with E-state index in [1.165, 1.54) is 26.5 Å². The van der Waals surface area contributed by atoms with E-state index < -0.39 is 11.5 Å². The second-order valence-corrected chi connectivity index (χ2v) is 6.33. The Bertz CT molecular complexity index is 1060. The number of benzene rings is 2. The predicted molar refractivity (Wildman–Crippen MR) is 110 cm³/mol. The van der Waals surface area contributed by atoms with Crippen molar-refractivity contribution in [2.24, 2.45) is 0 Å². The Kier molecular flexibility index (Phi) is 6.19. The molecule has 7 nitrogen and oxygen atoms in total. The number of aryl methyl sites for hydroxylation is 1. The largest absolute Gasteiger partial charge is 0.497 e. The van der Waals surface area contributed by atoms with Crippen molar-refractivity contribution in [2.75, 3.05) is 19.5 Å². The van der Waals surface area contributed by atoms with Gasteiger partial charge in [0, 0.05) is 12.3 Å². The fourth-order valence-corrected chi connectivity index (χ4v) is 2.67. The lowest BCUT2D eigenvalue weighted by atomic mass is 10.2. The maximum atomic E-state index is 12.7. The zero-order valence-corrected chi connectivity index (χ0v) is 16.5. The maximum Gasteiger partial charge on any atom is 0.295 e. The average Bonchev–Trinajstić information content (AvgIpc) is 2.74. The minimum atomic E-state index is -0.563. The van der Waals surface area contributed by atoms with E-state index in [-0.39, 0.29) is 12.2 Å². The summed E-state index contributed by atoms with van der Waals surface area (Å²) in [5.74, 6) is 0.447. The van der Waals surface area contributed by atoms with Crippen LogP contribution < -0.4 is 25.2 Å². The summed E-state index contributed by atoms with van der Waals surface area (Å²) in [7, 11) is 3.02. The standard InChI is InChI=1S/C22H22N2O5/c1-15-6-8-16(9-7-15)14-29-24-12-4-5-18(22(24)26)21(25)23-19-11-10-17(27-2)13-20(19)28-3/h4-13H,14H2,1-3H3,(H,23,25). The molecular weight excluding hydrogens is 372 g/mol. The van der Waals surface area contributed by atoms with Crippen molar-refractivity contribution in [2.45, 2.75) is 13.5 Å². The Labute approximate surface area is 168 Å². The third kappa shape index (κ3) is 4.76. The highest BCUT2D eigenvalue weighted by Gasteiger charge is 2.15. The van der Waals surface area contributed by atoms with Crippen LogP contribution in [0.15, 0.2) is 65.6 Å². The van der Waals surface area contributed by atoms with Gasteiger partial charge in [-0.05, 0) is 36.8 Å². The van der Waals surface area contributed by atoms with Crippen molar-refractivity contribution < 1.29 is 19.1 Å². The van der Waals surface area contributed by atoms with E-state index >= 15 is 0 Å². The highest BCUT2D eigenvalue weighted by atomic mass is 16.7. The van der Waals surface area contributed by atoms with Gasteiger partial charge < -0.3 is 19.6 Å². The van der Waals surface area contributed by atoms with Gasteiger partial charge in [-0.25, -0.2) is 0 Å². The van der Waals surface area contributed by atoms with E-state index in [2.05, 4.69) is 5.32 Å². The van der Waals surface area contributed by atoms with Crippen molar-refractivity contribution in [1.29, 1.82) is 0 Å². The second-order valence-electron chi connectivity index (χ2n) is 6.33. The van der Waals surface area contributed by atoms with Gasteiger partial charge in [-0.2, -0.15) is 4.73 Å². The molecule has 1 amide bonds. The van der Waals surface area contributed by atoms with Crippen molar-refractivity contribution in [1.82, 2.24) is 4.73 Å². The lowest BCUT2D eigenvalue weighted by molar-refractivity contribution is 0.0863. The predicted octanol–water partition coefficient (Wildman–Crippen LogP) is 3.06. The van der Waals surface area contributed by atoms with Gasteiger partial charge >= 0.3 is 0 Å². The van der Waals surface area contributed by atoms with E-state index in [1.807, 2.05) is 31.2 Å². The third-order valence-corrected chi connectivity index (χ3v) is 4.31. The number of hydrogen-bond acceptors (Lipinski definition) is 5. The molecule has 0 atom stereocenters. The Balaban J connectivity index is 1.77. The molecule has 0 bridgehead atoms. The van der Waals surface area contributed by atoms with Crippen LogP contribution in [0.25, 0.3) is 0 Å². The molecule has 0 fully saturated rings. The van der Waals surface area contributed by atoms with Crippen LogP contribution in [-0.4, -0.2) is 24.9 Å². The summed E-state index contributed by atoms with van der Waals surface area (Å²) < 4.78 is 11.5. The third-order valence-electron chi connectivity index (χ3n) is 4.31. The molecule has 7 heteroatoms. The molecule has 0 unspecified atom stereocenters. The van der Waals surface area contributed by atoms with Gasteiger partial charge in [-0.1, -0.05) is 29.8 Å². The van der Waals surface area contributed by atoms with Crippen molar-refractivity contribution in [3.63, 3.8) is 0 Å². The first-order chi connectivity index (χ1) is 14.0. The van der Waals surface area contributed by atoms with Gasteiger partial charge in [0.25, 0.3) is 11.5 Å². The van der Waals surface area contributed by atoms with Crippen molar-refractivity contribution in [3.8, 4) is 11.5 Å². The maximum absolute atomic E-state index is 12.7. The fourth-order valence-electron chi connectivity index (χ4n) is 2.67. The molecule has 150 valence electrons. The van der Waals surface area contributed by atoms with Crippen molar-refractivity contribution >= 4 is 11.6 Å². The van der Waals surface area contributed by atoms with Crippen LogP contribution in [0, 0.1) is 6.92 Å². The van der Waals surface area contributed by atoms with E-state index in [0.717, 1.165) is 15.9 Å². The van der Waals surface area contributed by atoms with Crippen LogP contribution >= 0.6 is 0 Å². The van der Waals surface area contributed by atoms with Crippen molar-refractivity contribution in [3.05, 3.63) is 87.8 Å². The van der Waals surface area contributed by atoms with Gasteiger partial charge in [0.15, 0.2) is 0 Å². The zero-order chi connectivity index (χ0) is 20.8. The molecule has 0 radical (unpaired) electrons. The first-order valence-corrected chi connectivity index (χ1v) is 8.95. The highest BCUT2D eigenvalue weighted by molar-refractivity contribution is 6.04. The molecule has 3 aromatic rings. The summed E-state index contributed by atoms with van der Waals surface area (Å²) in [5.41, 5.74) is 1.88. The van der Waals surface area contributed by atoms with Crippen LogP contribution in [0.3, 0.4) is 0 Å². The monoisotopic (exact) mass is 394 g/mol. The Morgan fingerprint density at radius 2 is 1.79 bits per heavy atom. The average molecular weight is 394 g/mol. The molecule has 1 aromatic heterocycles. The summed E-state index contributed by atoms with van der Waals surface area (Å²) in [6, 6.07) is 15.8. The summed E-state index contributed by atoms with van der Waals surface area (Å²) in [6.45, 7) is 2.20. The number of anilines is 1. The zero-order valence-electron chi connectivity index (χ0n) is 16.5. The smallest absolute Gasteiger partial charge is 0.295 e. The number of ether oxygens (including phenoxy) is 2. The second kappa shape index (κ2) is 8.97. The molecule has 3 rings (SSSR count). The number of pyridine rings is 1. The molecule has 0 saturated carbocycles. The van der Waals surface area contributed by atoms with Gasteiger partial charge in [0.2, 0.25) is 0 Å². The molecule has 0 saturated heterocycles. The van der Waals surface area contributed by atoms with Gasteiger partial charge in [0.05, 0.1) is 19.9 Å². The quantitative estimate of drug-likeness (QED) is 0.666. The minimum absolute atomic E-state index is 0.0470. The number of methoxy groups -OCH3 is 2. The normalized spacial score (nSPS) is 10.3. The number of rotatable bonds is 7. The summed E-state index contributed by atoms with van der Waals surface area (Å²) in [5, 5.41) is 2.69. The molecule has 0 spiro atoms. The fraction of sp³-hybridized carbons (Fsp3) is 0.182. The number of amides is 1. The van der Waals surface area contributed by atoms with E-state index in [1.54, 1.807) is 24.3 Å². The van der Waals surface area contributed by atoms with Gasteiger partial charge in [-0.3, -0.25) is 9.59 Å². The number of carbonyl (C=O) groups is 1. The molecule has 1 N–H and O–H groups in total. The lowest BCUT2D eigenvalue weighted by Crippen LogP contribution is -2.32. The minimum Gasteiger partial charge on any atom is -0.497 e. The molecular formula is C22H22N2O5. The molecule has 1 heterocycles. The topological polar surface area (TPSA) is 78.8 Å².